The molecule has 6 heteroatoms. The maximum Gasteiger partial charge on any atom is 0.263 e. The maximum atomic E-state index is 12.9. The summed E-state index contributed by atoms with van der Waals surface area (Å²) in [5, 5.41) is 12.3. The Labute approximate surface area is 120 Å². The van der Waals surface area contributed by atoms with E-state index in [1.165, 1.54) is 23.5 Å². The predicted octanol–water partition coefficient (Wildman–Crippen LogP) is 2.37. The van der Waals surface area contributed by atoms with E-state index < -0.39 is 0 Å². The number of thiazole rings is 1. The van der Waals surface area contributed by atoms with Crippen LogP contribution in [0.15, 0.2) is 24.3 Å². The number of rotatable bonds is 4. The first-order valence-corrected chi connectivity index (χ1v) is 6.98. The van der Waals surface area contributed by atoms with Crippen molar-refractivity contribution in [2.24, 2.45) is 0 Å². The lowest BCUT2D eigenvalue weighted by molar-refractivity contribution is 0.0925. The standard InChI is InChI=1S/C14H15FN2O2S/c1-8(7-18)16-13(19)12-9(2)17-14(20-12)10-3-5-11(15)6-4-10/h3-6,8,18H,7H2,1-2H3,(H,16,19). The van der Waals surface area contributed by atoms with Crippen molar-refractivity contribution in [1.82, 2.24) is 10.3 Å². The van der Waals surface area contributed by atoms with E-state index in [2.05, 4.69) is 10.3 Å². The van der Waals surface area contributed by atoms with Crippen molar-refractivity contribution >= 4 is 17.2 Å². The molecule has 0 saturated heterocycles. The fourth-order valence-electron chi connectivity index (χ4n) is 1.66. The van der Waals surface area contributed by atoms with Crippen LogP contribution in [-0.2, 0) is 0 Å². The number of amides is 1. The van der Waals surface area contributed by atoms with E-state index in [0.29, 0.717) is 15.6 Å². The molecule has 0 fully saturated rings. The van der Waals surface area contributed by atoms with Crippen LogP contribution in [0.2, 0.25) is 0 Å². The molecular weight excluding hydrogens is 279 g/mol. The van der Waals surface area contributed by atoms with Gasteiger partial charge in [-0.2, -0.15) is 0 Å². The molecule has 1 amide bonds. The third-order valence-electron chi connectivity index (χ3n) is 2.75. The van der Waals surface area contributed by atoms with E-state index >= 15 is 0 Å². The van der Waals surface area contributed by atoms with Crippen molar-refractivity contribution in [3.63, 3.8) is 0 Å². The number of aliphatic hydroxyl groups is 1. The summed E-state index contributed by atoms with van der Waals surface area (Å²) in [5.41, 5.74) is 1.39. The average Bonchev–Trinajstić information content (AvgIpc) is 2.81. The molecule has 20 heavy (non-hydrogen) atoms. The van der Waals surface area contributed by atoms with Gasteiger partial charge in [-0.1, -0.05) is 0 Å². The average molecular weight is 294 g/mol. The molecule has 1 heterocycles. The summed E-state index contributed by atoms with van der Waals surface area (Å²) >= 11 is 1.25. The van der Waals surface area contributed by atoms with Crippen molar-refractivity contribution in [2.75, 3.05) is 6.61 Å². The van der Waals surface area contributed by atoms with Gasteiger partial charge in [-0.25, -0.2) is 9.37 Å². The maximum absolute atomic E-state index is 12.9. The Hall–Kier alpha value is -1.79. The summed E-state index contributed by atoms with van der Waals surface area (Å²) in [6.45, 7) is 3.35. The van der Waals surface area contributed by atoms with Gasteiger partial charge in [0.1, 0.15) is 15.7 Å². The Kier molecular flexibility index (Phi) is 4.46. The van der Waals surface area contributed by atoms with E-state index in [1.54, 1.807) is 26.0 Å². The molecule has 1 atom stereocenters. The smallest absolute Gasteiger partial charge is 0.263 e. The molecule has 0 aliphatic carbocycles. The highest BCUT2D eigenvalue weighted by Crippen LogP contribution is 2.28. The molecule has 0 radical (unpaired) electrons. The molecule has 2 rings (SSSR count). The highest BCUT2D eigenvalue weighted by atomic mass is 32.1. The Bertz CT molecular complexity index is 610. The molecule has 4 nitrogen and oxygen atoms in total. The number of benzene rings is 1. The minimum absolute atomic E-state index is 0.117. The number of hydrogen-bond donors (Lipinski definition) is 2. The van der Waals surface area contributed by atoms with Crippen molar-refractivity contribution in [3.8, 4) is 10.6 Å². The SMILES string of the molecule is Cc1nc(-c2ccc(F)cc2)sc1C(=O)NC(C)CO. The molecule has 2 aromatic rings. The van der Waals surface area contributed by atoms with Crippen LogP contribution in [0, 0.1) is 12.7 Å². The Morgan fingerprint density at radius 2 is 2.10 bits per heavy atom. The fourth-order valence-corrected chi connectivity index (χ4v) is 2.63. The summed E-state index contributed by atoms with van der Waals surface area (Å²) in [7, 11) is 0. The van der Waals surface area contributed by atoms with E-state index in [-0.39, 0.29) is 24.4 Å². The minimum Gasteiger partial charge on any atom is -0.394 e. The van der Waals surface area contributed by atoms with Crippen LogP contribution in [0.3, 0.4) is 0 Å². The van der Waals surface area contributed by atoms with Crippen LogP contribution in [0.25, 0.3) is 10.6 Å². The molecule has 106 valence electrons. The number of nitrogens with one attached hydrogen (secondary N) is 1. The quantitative estimate of drug-likeness (QED) is 0.910. The largest absolute Gasteiger partial charge is 0.394 e. The molecule has 0 bridgehead atoms. The van der Waals surface area contributed by atoms with Crippen molar-refractivity contribution < 1.29 is 14.3 Å². The Balaban J connectivity index is 2.25. The van der Waals surface area contributed by atoms with Crippen LogP contribution in [0.1, 0.15) is 22.3 Å². The van der Waals surface area contributed by atoms with Gasteiger partial charge in [0.05, 0.1) is 12.3 Å². The van der Waals surface area contributed by atoms with Crippen LogP contribution < -0.4 is 5.32 Å². The second-order valence-corrected chi connectivity index (χ2v) is 5.50. The van der Waals surface area contributed by atoms with E-state index in [0.717, 1.165) is 5.56 Å². The van der Waals surface area contributed by atoms with Gasteiger partial charge >= 0.3 is 0 Å². The summed E-state index contributed by atoms with van der Waals surface area (Å²) in [5.74, 6) is -0.563. The molecule has 2 N–H and O–H groups in total. The molecule has 1 aromatic heterocycles. The monoisotopic (exact) mass is 294 g/mol. The lowest BCUT2D eigenvalue weighted by Crippen LogP contribution is -2.34. The number of nitrogens with zero attached hydrogens (tertiary/aromatic N) is 1. The summed E-state index contributed by atoms with van der Waals surface area (Å²) < 4.78 is 12.9. The first kappa shape index (κ1) is 14.6. The zero-order valence-corrected chi connectivity index (χ0v) is 12.0. The zero-order valence-electron chi connectivity index (χ0n) is 11.2. The number of carbonyl (C=O) groups is 1. The van der Waals surface area contributed by atoms with Crippen LogP contribution in [0.4, 0.5) is 4.39 Å². The lowest BCUT2D eigenvalue weighted by Gasteiger charge is -2.09. The molecule has 1 unspecified atom stereocenters. The number of carbonyl (C=O) groups excluding carboxylic acids is 1. The van der Waals surface area contributed by atoms with Gasteiger partial charge in [0.2, 0.25) is 0 Å². The molecule has 0 aliphatic rings. The summed E-state index contributed by atoms with van der Waals surface area (Å²) in [6, 6.07) is 5.68. The number of aryl methyl sites for hydroxylation is 1. The summed E-state index contributed by atoms with van der Waals surface area (Å²) in [6.07, 6.45) is 0. The zero-order chi connectivity index (χ0) is 14.7. The second-order valence-electron chi connectivity index (χ2n) is 4.50. The summed E-state index contributed by atoms with van der Waals surface area (Å²) in [4.78, 5) is 16.9. The van der Waals surface area contributed by atoms with Crippen LogP contribution in [-0.4, -0.2) is 28.6 Å². The number of hydrogen-bond acceptors (Lipinski definition) is 4. The second kappa shape index (κ2) is 6.11. The molecule has 0 aliphatic heterocycles. The first-order valence-electron chi connectivity index (χ1n) is 6.16. The normalized spacial score (nSPS) is 12.2. The van der Waals surface area contributed by atoms with Gasteiger partial charge in [0.15, 0.2) is 0 Å². The highest BCUT2D eigenvalue weighted by Gasteiger charge is 2.17. The van der Waals surface area contributed by atoms with Gasteiger partial charge in [-0.05, 0) is 38.1 Å². The van der Waals surface area contributed by atoms with E-state index in [9.17, 15) is 9.18 Å². The fraction of sp³-hybridized carbons (Fsp3) is 0.286. The number of halogens is 1. The third kappa shape index (κ3) is 3.20. The number of aromatic nitrogens is 1. The predicted molar refractivity (Wildman–Crippen MR) is 76.3 cm³/mol. The van der Waals surface area contributed by atoms with Gasteiger partial charge in [-0.3, -0.25) is 4.79 Å². The third-order valence-corrected chi connectivity index (χ3v) is 3.95. The molecular formula is C14H15FN2O2S. The van der Waals surface area contributed by atoms with Crippen LogP contribution in [0.5, 0.6) is 0 Å². The van der Waals surface area contributed by atoms with Crippen LogP contribution >= 0.6 is 11.3 Å². The minimum atomic E-state index is -0.309. The van der Waals surface area contributed by atoms with E-state index in [4.69, 9.17) is 5.11 Å². The Morgan fingerprint density at radius 3 is 2.70 bits per heavy atom. The Morgan fingerprint density at radius 1 is 1.45 bits per heavy atom. The topological polar surface area (TPSA) is 62.2 Å². The highest BCUT2D eigenvalue weighted by molar-refractivity contribution is 7.17. The van der Waals surface area contributed by atoms with Gasteiger partial charge in [0.25, 0.3) is 5.91 Å². The van der Waals surface area contributed by atoms with Gasteiger partial charge in [0, 0.05) is 11.6 Å². The van der Waals surface area contributed by atoms with Crippen molar-refractivity contribution in [3.05, 3.63) is 40.7 Å². The molecule has 0 saturated carbocycles. The lowest BCUT2D eigenvalue weighted by atomic mass is 10.2. The molecule has 0 spiro atoms. The van der Waals surface area contributed by atoms with E-state index in [1.807, 2.05) is 0 Å². The number of aliphatic hydroxyl groups excluding tert-OH is 1. The van der Waals surface area contributed by atoms with Crippen molar-refractivity contribution in [2.45, 2.75) is 19.9 Å². The first-order chi connectivity index (χ1) is 9.51. The van der Waals surface area contributed by atoms with Gasteiger partial charge < -0.3 is 10.4 Å². The van der Waals surface area contributed by atoms with Crippen molar-refractivity contribution in [1.29, 1.82) is 0 Å². The molecule has 1 aromatic carbocycles. The van der Waals surface area contributed by atoms with Gasteiger partial charge in [-0.15, -0.1) is 11.3 Å².